The summed E-state index contributed by atoms with van der Waals surface area (Å²) in [5.41, 5.74) is 0. The van der Waals surface area contributed by atoms with Crippen LogP contribution < -0.4 is 19.5 Å². The smallest absolute Gasteiger partial charge is 0.287 e. The van der Waals surface area contributed by atoms with Gasteiger partial charge < -0.3 is 23.9 Å². The molecule has 0 radical (unpaired) electrons. The van der Waals surface area contributed by atoms with Crippen LogP contribution in [0.5, 0.6) is 17.2 Å². The fraction of sp³-hybridized carbons (Fsp3) is 0.267. The van der Waals surface area contributed by atoms with E-state index in [0.717, 1.165) is 0 Å². The second kappa shape index (κ2) is 6.65. The molecule has 0 spiro atoms. The molecule has 0 fully saturated rings. The number of hydrogen-bond acceptors (Lipinski definition) is 6. The summed E-state index contributed by atoms with van der Waals surface area (Å²) in [4.78, 5) is 11.7. The van der Waals surface area contributed by atoms with Gasteiger partial charge in [-0.1, -0.05) is 0 Å². The van der Waals surface area contributed by atoms with Crippen molar-refractivity contribution in [1.29, 1.82) is 0 Å². The van der Waals surface area contributed by atoms with E-state index in [1.54, 1.807) is 30.3 Å². The highest BCUT2D eigenvalue weighted by Gasteiger charge is 2.14. The zero-order valence-electron chi connectivity index (χ0n) is 11.7. The Hall–Kier alpha value is -2.28. The number of carbonyl (C=O) groups excluding carboxylic acids is 1. The Morgan fingerprint density at radius 2 is 2.09 bits per heavy atom. The summed E-state index contributed by atoms with van der Waals surface area (Å²) in [6.07, 6.45) is 0. The molecule has 0 saturated carbocycles. The minimum absolute atomic E-state index is 0.222. The number of amides is 1. The van der Waals surface area contributed by atoms with Crippen LogP contribution in [0, 0.1) is 0 Å². The first kappa shape index (κ1) is 14.6. The summed E-state index contributed by atoms with van der Waals surface area (Å²) >= 11 is 4.03. The Bertz CT molecular complexity index is 670. The molecular formula is C15H15NO5S. The molecular weight excluding hydrogens is 306 g/mol. The van der Waals surface area contributed by atoms with Crippen molar-refractivity contribution in [3.63, 3.8) is 0 Å². The van der Waals surface area contributed by atoms with Crippen LogP contribution in [0.1, 0.15) is 16.3 Å². The normalized spacial score (nSPS) is 12.2. The van der Waals surface area contributed by atoms with Crippen molar-refractivity contribution in [2.24, 2.45) is 0 Å². The van der Waals surface area contributed by atoms with E-state index in [4.69, 9.17) is 18.6 Å². The van der Waals surface area contributed by atoms with Gasteiger partial charge in [0.25, 0.3) is 5.91 Å². The Balaban J connectivity index is 1.58. The number of hydrogen-bond donors (Lipinski definition) is 2. The van der Waals surface area contributed by atoms with Crippen molar-refractivity contribution in [2.45, 2.75) is 6.61 Å². The first-order valence-electron chi connectivity index (χ1n) is 6.76. The van der Waals surface area contributed by atoms with Crippen LogP contribution in [0.4, 0.5) is 0 Å². The predicted octanol–water partition coefficient (Wildman–Crippen LogP) is 2.25. The first-order chi connectivity index (χ1) is 10.8. The molecule has 2 aromatic rings. The van der Waals surface area contributed by atoms with E-state index in [1.807, 2.05) is 0 Å². The Labute approximate surface area is 132 Å². The number of rotatable bonds is 6. The average molecular weight is 321 g/mol. The van der Waals surface area contributed by atoms with E-state index in [2.05, 4.69) is 17.9 Å². The topological polar surface area (TPSA) is 69.9 Å². The summed E-state index contributed by atoms with van der Waals surface area (Å²) in [6, 6.07) is 8.66. The van der Waals surface area contributed by atoms with Gasteiger partial charge in [0.15, 0.2) is 17.3 Å². The maximum absolute atomic E-state index is 11.7. The second-order valence-electron chi connectivity index (χ2n) is 4.55. The molecule has 0 bridgehead atoms. The molecule has 0 saturated heterocycles. The van der Waals surface area contributed by atoms with Crippen molar-refractivity contribution < 1.29 is 23.4 Å². The van der Waals surface area contributed by atoms with Gasteiger partial charge in [0.1, 0.15) is 18.1 Å². The third-order valence-electron chi connectivity index (χ3n) is 3.01. The second-order valence-corrected chi connectivity index (χ2v) is 5.00. The summed E-state index contributed by atoms with van der Waals surface area (Å²) < 4.78 is 21.6. The number of furan rings is 1. The SMILES string of the molecule is O=C(NCCS)c1ccc(COc2ccc3c(c2)OCO3)o1. The number of carbonyl (C=O) groups is 1. The molecule has 7 heteroatoms. The average Bonchev–Trinajstić information content (AvgIpc) is 3.18. The van der Waals surface area contributed by atoms with E-state index < -0.39 is 0 Å². The van der Waals surface area contributed by atoms with E-state index in [0.29, 0.717) is 35.3 Å². The molecule has 2 heterocycles. The van der Waals surface area contributed by atoms with Crippen molar-refractivity contribution in [3.05, 3.63) is 41.9 Å². The third-order valence-corrected chi connectivity index (χ3v) is 3.23. The van der Waals surface area contributed by atoms with E-state index in [-0.39, 0.29) is 25.1 Å². The fourth-order valence-electron chi connectivity index (χ4n) is 1.96. The molecule has 1 aromatic heterocycles. The number of thiol groups is 1. The summed E-state index contributed by atoms with van der Waals surface area (Å²) in [7, 11) is 0. The van der Waals surface area contributed by atoms with E-state index >= 15 is 0 Å². The van der Waals surface area contributed by atoms with Crippen LogP contribution >= 0.6 is 12.6 Å². The maximum Gasteiger partial charge on any atom is 0.287 e. The molecule has 3 rings (SSSR count). The number of fused-ring (bicyclic) bond motifs is 1. The number of benzene rings is 1. The van der Waals surface area contributed by atoms with Crippen LogP contribution in [-0.4, -0.2) is 25.0 Å². The van der Waals surface area contributed by atoms with Crippen LogP contribution in [0.2, 0.25) is 0 Å². The van der Waals surface area contributed by atoms with Gasteiger partial charge in [0, 0.05) is 18.4 Å². The summed E-state index contributed by atoms with van der Waals surface area (Å²) in [6.45, 7) is 0.937. The summed E-state index contributed by atoms with van der Waals surface area (Å²) in [5.74, 6) is 3.13. The predicted molar refractivity (Wildman–Crippen MR) is 81.8 cm³/mol. The standard InChI is InChI=1S/C15H15NO5S/c17-15(16-5-6-22)13-4-2-11(21-13)8-18-10-1-3-12-14(7-10)20-9-19-12/h1-4,7,22H,5-6,8-9H2,(H,16,17). The third kappa shape index (κ3) is 3.30. The van der Waals surface area contributed by atoms with Gasteiger partial charge in [-0.3, -0.25) is 4.79 Å². The zero-order chi connectivity index (χ0) is 15.4. The lowest BCUT2D eigenvalue weighted by Crippen LogP contribution is -2.24. The highest BCUT2D eigenvalue weighted by atomic mass is 32.1. The van der Waals surface area contributed by atoms with Gasteiger partial charge in [-0.15, -0.1) is 0 Å². The van der Waals surface area contributed by atoms with E-state index in [9.17, 15) is 4.79 Å². The molecule has 0 aliphatic carbocycles. The van der Waals surface area contributed by atoms with Gasteiger partial charge in [0.05, 0.1) is 0 Å². The zero-order valence-corrected chi connectivity index (χ0v) is 12.6. The molecule has 1 aliphatic heterocycles. The Kier molecular flexibility index (Phi) is 4.43. The molecule has 1 N–H and O–H groups in total. The minimum Gasteiger partial charge on any atom is -0.486 e. The van der Waals surface area contributed by atoms with Crippen LogP contribution in [-0.2, 0) is 6.61 Å². The van der Waals surface area contributed by atoms with Crippen molar-refractivity contribution in [3.8, 4) is 17.2 Å². The Morgan fingerprint density at radius 3 is 2.95 bits per heavy atom. The molecule has 1 aliphatic rings. The highest BCUT2D eigenvalue weighted by molar-refractivity contribution is 7.80. The first-order valence-corrected chi connectivity index (χ1v) is 7.40. The fourth-order valence-corrected chi connectivity index (χ4v) is 2.07. The molecule has 0 atom stereocenters. The van der Waals surface area contributed by atoms with Gasteiger partial charge in [-0.25, -0.2) is 0 Å². The molecule has 116 valence electrons. The monoisotopic (exact) mass is 321 g/mol. The van der Waals surface area contributed by atoms with Gasteiger partial charge in [-0.05, 0) is 24.3 Å². The molecule has 1 amide bonds. The number of nitrogens with one attached hydrogen (secondary N) is 1. The molecule has 1 aromatic carbocycles. The Morgan fingerprint density at radius 1 is 1.23 bits per heavy atom. The van der Waals surface area contributed by atoms with Crippen molar-refractivity contribution >= 4 is 18.5 Å². The highest BCUT2D eigenvalue weighted by Crippen LogP contribution is 2.35. The van der Waals surface area contributed by atoms with E-state index in [1.165, 1.54) is 0 Å². The van der Waals surface area contributed by atoms with Gasteiger partial charge >= 0.3 is 0 Å². The quantitative estimate of drug-likeness (QED) is 0.799. The lowest BCUT2D eigenvalue weighted by atomic mass is 10.3. The molecule has 0 unspecified atom stereocenters. The van der Waals surface area contributed by atoms with Crippen LogP contribution in [0.25, 0.3) is 0 Å². The van der Waals surface area contributed by atoms with Gasteiger partial charge in [0.2, 0.25) is 6.79 Å². The minimum atomic E-state index is -0.261. The maximum atomic E-state index is 11.7. The lowest BCUT2D eigenvalue weighted by Gasteiger charge is -2.05. The van der Waals surface area contributed by atoms with Gasteiger partial charge in [-0.2, -0.15) is 12.6 Å². The van der Waals surface area contributed by atoms with Crippen LogP contribution in [0.3, 0.4) is 0 Å². The molecule has 22 heavy (non-hydrogen) atoms. The lowest BCUT2D eigenvalue weighted by molar-refractivity contribution is 0.0924. The van der Waals surface area contributed by atoms with Crippen molar-refractivity contribution in [1.82, 2.24) is 5.32 Å². The summed E-state index contributed by atoms with van der Waals surface area (Å²) in [5, 5.41) is 2.68. The van der Waals surface area contributed by atoms with Crippen molar-refractivity contribution in [2.75, 3.05) is 19.1 Å². The van der Waals surface area contributed by atoms with Crippen LogP contribution in [0.15, 0.2) is 34.7 Å². The molecule has 6 nitrogen and oxygen atoms in total. The number of ether oxygens (including phenoxy) is 3. The largest absolute Gasteiger partial charge is 0.486 e.